The van der Waals surface area contributed by atoms with Crippen molar-refractivity contribution in [3.63, 3.8) is 0 Å². The second kappa shape index (κ2) is 10.4. The number of phenols is 1. The summed E-state index contributed by atoms with van der Waals surface area (Å²) < 4.78 is 0. The fraction of sp³-hybridized carbons (Fsp3) is 0.364. The molecule has 0 aromatic heterocycles. The number of anilines is 1. The molecule has 0 unspecified atom stereocenters. The molecule has 0 aliphatic carbocycles. The van der Waals surface area contributed by atoms with Crippen LogP contribution in [0.25, 0.3) is 0 Å². The van der Waals surface area contributed by atoms with Gasteiger partial charge in [-0.1, -0.05) is 30.3 Å². The molecule has 3 rings (SSSR count). The monoisotopic (exact) mass is 395 g/mol. The molecule has 2 aromatic carbocycles. The van der Waals surface area contributed by atoms with Gasteiger partial charge in [-0.05, 0) is 31.2 Å². The summed E-state index contributed by atoms with van der Waals surface area (Å²) in [6.07, 6.45) is 0. The van der Waals surface area contributed by atoms with Crippen LogP contribution in [0.1, 0.15) is 17.3 Å². The zero-order chi connectivity index (χ0) is 20.5. The average Bonchev–Trinajstić information content (AvgIpc) is 2.77. The van der Waals surface area contributed by atoms with Crippen LogP contribution in [0.3, 0.4) is 0 Å². The second-order valence-electron chi connectivity index (χ2n) is 6.82. The van der Waals surface area contributed by atoms with Crippen LogP contribution in [0.5, 0.6) is 5.75 Å². The van der Waals surface area contributed by atoms with Crippen LogP contribution in [0.2, 0.25) is 0 Å². The van der Waals surface area contributed by atoms with Gasteiger partial charge in [0.2, 0.25) is 0 Å². The molecule has 7 heteroatoms. The fourth-order valence-electron chi connectivity index (χ4n) is 3.34. The van der Waals surface area contributed by atoms with Gasteiger partial charge in [0, 0.05) is 44.8 Å². The SMILES string of the molecule is CCNC(=NCCNC(=O)c1ccccc1)N1CCN(c2ccccc2O)CC1. The Balaban J connectivity index is 1.50. The van der Waals surface area contributed by atoms with E-state index < -0.39 is 0 Å². The smallest absolute Gasteiger partial charge is 0.251 e. The molecule has 0 spiro atoms. The molecule has 0 bridgehead atoms. The molecule has 1 aliphatic rings. The van der Waals surface area contributed by atoms with E-state index in [9.17, 15) is 9.90 Å². The van der Waals surface area contributed by atoms with Crippen molar-refractivity contribution in [2.75, 3.05) is 50.7 Å². The molecular formula is C22H29N5O2. The van der Waals surface area contributed by atoms with E-state index in [0.29, 0.717) is 24.4 Å². The van der Waals surface area contributed by atoms with Crippen molar-refractivity contribution in [2.24, 2.45) is 4.99 Å². The van der Waals surface area contributed by atoms with Gasteiger partial charge in [0.05, 0.1) is 12.2 Å². The number of nitrogens with zero attached hydrogens (tertiary/aromatic N) is 3. The van der Waals surface area contributed by atoms with Crippen LogP contribution in [-0.2, 0) is 0 Å². The van der Waals surface area contributed by atoms with Gasteiger partial charge in [-0.2, -0.15) is 0 Å². The number of benzene rings is 2. The molecule has 0 atom stereocenters. The number of amides is 1. The lowest BCUT2D eigenvalue weighted by Gasteiger charge is -2.37. The topological polar surface area (TPSA) is 80.2 Å². The highest BCUT2D eigenvalue weighted by atomic mass is 16.3. The lowest BCUT2D eigenvalue weighted by Crippen LogP contribution is -2.52. The maximum Gasteiger partial charge on any atom is 0.251 e. The van der Waals surface area contributed by atoms with E-state index in [1.54, 1.807) is 18.2 Å². The maximum atomic E-state index is 12.1. The Morgan fingerprint density at radius 2 is 1.69 bits per heavy atom. The first-order chi connectivity index (χ1) is 14.2. The van der Waals surface area contributed by atoms with Crippen LogP contribution < -0.4 is 15.5 Å². The van der Waals surface area contributed by atoms with Gasteiger partial charge in [0.15, 0.2) is 5.96 Å². The molecule has 3 N–H and O–H groups in total. The molecule has 7 nitrogen and oxygen atoms in total. The number of carbonyl (C=O) groups excluding carboxylic acids is 1. The Hall–Kier alpha value is -3.22. The number of nitrogens with one attached hydrogen (secondary N) is 2. The summed E-state index contributed by atoms with van der Waals surface area (Å²) in [4.78, 5) is 21.2. The lowest BCUT2D eigenvalue weighted by atomic mass is 10.2. The van der Waals surface area contributed by atoms with Gasteiger partial charge in [-0.3, -0.25) is 9.79 Å². The Morgan fingerprint density at radius 1 is 1.00 bits per heavy atom. The van der Waals surface area contributed by atoms with E-state index in [4.69, 9.17) is 0 Å². The van der Waals surface area contributed by atoms with Crippen molar-refractivity contribution < 1.29 is 9.90 Å². The molecule has 1 heterocycles. The molecule has 1 aliphatic heterocycles. The van der Waals surface area contributed by atoms with Crippen LogP contribution in [-0.4, -0.2) is 67.7 Å². The molecule has 29 heavy (non-hydrogen) atoms. The number of aliphatic imine (C=N–C) groups is 1. The highest BCUT2D eigenvalue weighted by Gasteiger charge is 2.21. The fourth-order valence-corrected chi connectivity index (χ4v) is 3.34. The van der Waals surface area contributed by atoms with E-state index in [2.05, 4.69) is 25.4 Å². The van der Waals surface area contributed by atoms with Crippen molar-refractivity contribution in [3.8, 4) is 5.75 Å². The van der Waals surface area contributed by atoms with E-state index in [1.807, 2.05) is 43.3 Å². The zero-order valence-electron chi connectivity index (χ0n) is 16.8. The highest BCUT2D eigenvalue weighted by molar-refractivity contribution is 5.94. The molecule has 0 radical (unpaired) electrons. The van der Waals surface area contributed by atoms with E-state index >= 15 is 0 Å². The summed E-state index contributed by atoms with van der Waals surface area (Å²) >= 11 is 0. The van der Waals surface area contributed by atoms with Gasteiger partial charge >= 0.3 is 0 Å². The second-order valence-corrected chi connectivity index (χ2v) is 6.82. The average molecular weight is 396 g/mol. The quantitative estimate of drug-likeness (QED) is 0.396. The van der Waals surface area contributed by atoms with Crippen molar-refractivity contribution in [1.29, 1.82) is 0 Å². The van der Waals surface area contributed by atoms with E-state index in [0.717, 1.165) is 44.4 Å². The van der Waals surface area contributed by atoms with Gasteiger partial charge in [-0.25, -0.2) is 0 Å². The minimum absolute atomic E-state index is 0.0814. The summed E-state index contributed by atoms with van der Waals surface area (Å²) in [6.45, 7) is 7.09. The lowest BCUT2D eigenvalue weighted by molar-refractivity contribution is 0.0954. The number of rotatable bonds is 6. The van der Waals surface area contributed by atoms with Gasteiger partial charge < -0.3 is 25.5 Å². The Labute approximate surface area is 172 Å². The molecular weight excluding hydrogens is 366 g/mol. The molecule has 1 saturated heterocycles. The highest BCUT2D eigenvalue weighted by Crippen LogP contribution is 2.27. The summed E-state index contributed by atoms with van der Waals surface area (Å²) in [7, 11) is 0. The van der Waals surface area contributed by atoms with Gasteiger partial charge in [0.1, 0.15) is 5.75 Å². The number of aromatic hydroxyl groups is 1. The van der Waals surface area contributed by atoms with Crippen molar-refractivity contribution in [1.82, 2.24) is 15.5 Å². The molecule has 1 fully saturated rings. The Kier molecular flexibility index (Phi) is 7.33. The first-order valence-electron chi connectivity index (χ1n) is 10.1. The number of carbonyl (C=O) groups is 1. The normalized spacial score (nSPS) is 14.6. The number of hydrogen-bond acceptors (Lipinski definition) is 4. The zero-order valence-corrected chi connectivity index (χ0v) is 16.8. The van der Waals surface area contributed by atoms with Crippen molar-refractivity contribution >= 4 is 17.6 Å². The molecule has 0 saturated carbocycles. The third-order valence-corrected chi connectivity index (χ3v) is 4.83. The standard InChI is InChI=1S/C22H29N5O2/c1-2-23-22(25-13-12-24-21(29)18-8-4-3-5-9-18)27-16-14-26(15-17-27)19-10-6-7-11-20(19)28/h3-11,28H,2,12-17H2,1H3,(H,23,25)(H,24,29). The Morgan fingerprint density at radius 3 is 2.38 bits per heavy atom. The summed E-state index contributed by atoms with van der Waals surface area (Å²) in [5.74, 6) is 1.09. The first-order valence-corrected chi connectivity index (χ1v) is 10.1. The summed E-state index contributed by atoms with van der Waals surface area (Å²) in [6, 6.07) is 16.6. The molecule has 154 valence electrons. The summed E-state index contributed by atoms with van der Waals surface area (Å²) in [5.41, 5.74) is 1.53. The largest absolute Gasteiger partial charge is 0.506 e. The maximum absolute atomic E-state index is 12.1. The van der Waals surface area contributed by atoms with E-state index in [1.165, 1.54) is 0 Å². The van der Waals surface area contributed by atoms with Crippen LogP contribution in [0.15, 0.2) is 59.6 Å². The first kappa shape index (κ1) is 20.5. The van der Waals surface area contributed by atoms with Crippen molar-refractivity contribution in [2.45, 2.75) is 6.92 Å². The van der Waals surface area contributed by atoms with Crippen molar-refractivity contribution in [3.05, 3.63) is 60.2 Å². The third kappa shape index (κ3) is 5.63. The summed E-state index contributed by atoms with van der Waals surface area (Å²) in [5, 5.41) is 16.3. The van der Waals surface area contributed by atoms with Gasteiger partial charge in [0.25, 0.3) is 5.91 Å². The van der Waals surface area contributed by atoms with Crippen LogP contribution in [0, 0.1) is 0 Å². The number of piperazine rings is 1. The van der Waals surface area contributed by atoms with Gasteiger partial charge in [-0.15, -0.1) is 0 Å². The predicted octanol–water partition coefficient (Wildman–Crippen LogP) is 1.91. The minimum atomic E-state index is -0.0814. The number of hydrogen-bond donors (Lipinski definition) is 3. The number of para-hydroxylation sites is 2. The molecule has 2 aromatic rings. The minimum Gasteiger partial charge on any atom is -0.506 e. The number of guanidine groups is 1. The predicted molar refractivity (Wildman–Crippen MR) is 117 cm³/mol. The number of phenolic OH excluding ortho intramolecular Hbond substituents is 1. The van der Waals surface area contributed by atoms with Crippen LogP contribution in [0.4, 0.5) is 5.69 Å². The Bertz CT molecular complexity index is 817. The van der Waals surface area contributed by atoms with E-state index in [-0.39, 0.29) is 5.91 Å². The third-order valence-electron chi connectivity index (χ3n) is 4.83. The molecule has 1 amide bonds. The van der Waals surface area contributed by atoms with Crippen LogP contribution >= 0.6 is 0 Å².